The van der Waals surface area contributed by atoms with Crippen molar-refractivity contribution in [3.05, 3.63) is 0 Å². The molecule has 0 spiro atoms. The number of hydrogen-bond donors (Lipinski definition) is 0. The summed E-state index contributed by atoms with van der Waals surface area (Å²) in [6.45, 7) is 0. The van der Waals surface area contributed by atoms with E-state index in [0.29, 0.717) is 0 Å². The van der Waals surface area contributed by atoms with Crippen molar-refractivity contribution in [1.82, 2.24) is 0 Å². The molecule has 0 aromatic carbocycles. The van der Waals surface area contributed by atoms with Crippen LogP contribution in [-0.4, -0.2) is 54.8 Å². The molecule has 0 N–H and O–H groups in total. The zero-order valence-electron chi connectivity index (χ0n) is 1.12. The Hall–Kier alpha value is 1.57. The average molecular weight is 125 g/mol. The summed E-state index contributed by atoms with van der Waals surface area (Å²) in [4.78, 5) is 0. The van der Waals surface area contributed by atoms with Crippen molar-refractivity contribution in [1.29, 1.82) is 0 Å². The molecule has 0 atom stereocenters. The van der Waals surface area contributed by atoms with Crippen LogP contribution < -0.4 is 0 Å². The van der Waals surface area contributed by atoms with Crippen LogP contribution in [0.25, 0.3) is 0 Å². The molecule has 4 heavy (non-hydrogen) atoms. The first-order chi connectivity index (χ1) is 1.00. The van der Waals surface area contributed by atoms with Gasteiger partial charge in [-0.25, -0.2) is 0 Å². The summed E-state index contributed by atoms with van der Waals surface area (Å²) in [5.74, 6) is 0. The van der Waals surface area contributed by atoms with Crippen molar-refractivity contribution in [2.75, 3.05) is 0 Å². The molecular weight excluding hydrogens is 120 g/mol. The first-order valence-corrected chi connectivity index (χ1v) is 1.50. The van der Waals surface area contributed by atoms with Crippen LogP contribution in [0.15, 0.2) is 0 Å². The van der Waals surface area contributed by atoms with Gasteiger partial charge in [0.25, 0.3) is 0 Å². The second-order valence-electron chi connectivity index (χ2n) is 0. The fraction of sp³-hybridized carbons (Fsp3) is 0. The molecule has 0 aromatic rings. The Kier molecular flexibility index (Phi) is 104. The Morgan fingerprint density at radius 2 is 1.25 bits per heavy atom. The summed E-state index contributed by atoms with van der Waals surface area (Å²) in [6, 6.07) is 0. The van der Waals surface area contributed by atoms with Gasteiger partial charge >= 0.3 is 41.0 Å². The van der Waals surface area contributed by atoms with E-state index in [1.807, 2.05) is 0 Å². The van der Waals surface area contributed by atoms with Gasteiger partial charge in [-0.2, -0.15) is 0 Å². The van der Waals surface area contributed by atoms with Gasteiger partial charge in [-0.15, -0.1) is 0 Å². The molecule has 18 valence electrons. The van der Waals surface area contributed by atoms with Gasteiger partial charge in [0.15, 0.2) is 17.4 Å². The van der Waals surface area contributed by atoms with Gasteiger partial charge < -0.3 is 0 Å². The Morgan fingerprint density at radius 3 is 1.25 bits per heavy atom. The normalized spacial score (nSPS) is 0.750. The van der Waals surface area contributed by atoms with Crippen molar-refractivity contribution in [2.45, 2.75) is 0 Å². The molecule has 0 radical (unpaired) electrons. The van der Waals surface area contributed by atoms with Crippen molar-refractivity contribution in [3.63, 3.8) is 0 Å². The summed E-state index contributed by atoms with van der Waals surface area (Å²) in [5.41, 5.74) is 0. The van der Waals surface area contributed by atoms with Crippen LogP contribution in [0.5, 0.6) is 0 Å². The zero-order chi connectivity index (χ0) is 2.00. The van der Waals surface area contributed by atoms with Crippen LogP contribution in [0.3, 0.4) is 0 Å². The summed E-state index contributed by atoms with van der Waals surface area (Å²) in [7, 11) is 0. The predicted molar refractivity (Wildman–Crippen MR) is 24.9 cm³/mol. The fourth-order valence-electron chi connectivity index (χ4n) is 0. The zero-order valence-corrected chi connectivity index (χ0v) is 4.08. The van der Waals surface area contributed by atoms with Crippen molar-refractivity contribution >= 4 is 54.8 Å². The Bertz CT molecular complexity index is 8.00. The molecule has 0 bridgehead atoms. The molecule has 0 fully saturated rings. The van der Waals surface area contributed by atoms with Crippen molar-refractivity contribution < 1.29 is 3.54 Å². The van der Waals surface area contributed by atoms with Gasteiger partial charge in [0.1, 0.15) is 0 Å². The number of rotatable bonds is 0. The van der Waals surface area contributed by atoms with E-state index in [2.05, 4.69) is 0 Å². The Morgan fingerprint density at radius 1 is 1.25 bits per heavy atom. The Balaban J connectivity index is -0.00000000500. The van der Waals surface area contributed by atoms with E-state index in [4.69, 9.17) is 3.54 Å². The van der Waals surface area contributed by atoms with Crippen LogP contribution in [0.4, 0.5) is 0 Å². The first-order valence-electron chi connectivity index (χ1n) is 0.289. The molecule has 0 aromatic heterocycles. The average Bonchev–Trinajstić information content (AvgIpc) is 1.00. The molecule has 0 unspecified atom stereocenters. The molecular formula is H5AlGaLiO. The predicted octanol–water partition coefficient (Wildman–Crippen LogP) is -2.60. The van der Waals surface area contributed by atoms with Gasteiger partial charge in [0.2, 0.25) is 0 Å². The fourth-order valence-corrected chi connectivity index (χ4v) is 0. The molecule has 0 aliphatic carbocycles. The molecule has 0 saturated carbocycles. The van der Waals surface area contributed by atoms with E-state index >= 15 is 0 Å². The Labute approximate surface area is 58.0 Å². The summed E-state index contributed by atoms with van der Waals surface area (Å²) >= 11 is 0.125. The van der Waals surface area contributed by atoms with E-state index in [-0.39, 0.29) is 54.8 Å². The van der Waals surface area contributed by atoms with E-state index < -0.39 is 0 Å². The van der Waals surface area contributed by atoms with Gasteiger partial charge in [-0.05, 0) is 0 Å². The molecule has 1 nitrogen and oxygen atoms in total. The maximum atomic E-state index is 8.38. The summed E-state index contributed by atoms with van der Waals surface area (Å²) < 4.78 is 8.38. The third-order valence-electron chi connectivity index (χ3n) is 0. The van der Waals surface area contributed by atoms with E-state index in [1.165, 1.54) is 0 Å². The molecule has 0 aliphatic rings. The second-order valence-corrected chi connectivity index (χ2v) is 0. The van der Waals surface area contributed by atoms with Gasteiger partial charge in [-0.3, -0.25) is 0 Å². The third-order valence-corrected chi connectivity index (χ3v) is 0. The summed E-state index contributed by atoms with van der Waals surface area (Å²) in [5, 5.41) is 0. The molecule has 0 heterocycles. The molecule has 0 saturated heterocycles. The molecule has 4 heteroatoms. The molecule has 0 aliphatic heterocycles. The maximum absolute atomic E-state index is 8.38. The van der Waals surface area contributed by atoms with Crippen LogP contribution in [-0.2, 0) is 3.54 Å². The third kappa shape index (κ3) is 9.57. The van der Waals surface area contributed by atoms with Crippen molar-refractivity contribution in [2.24, 2.45) is 0 Å². The van der Waals surface area contributed by atoms with E-state index in [0.717, 1.165) is 0 Å². The van der Waals surface area contributed by atoms with Gasteiger partial charge in [-0.1, -0.05) is 0 Å². The van der Waals surface area contributed by atoms with E-state index in [1.54, 1.807) is 0 Å². The molecule has 0 amide bonds. The van der Waals surface area contributed by atoms with E-state index in [9.17, 15) is 0 Å². The SMILES string of the molecule is [AlH3].[LiH].[O]=[GaH]. The second kappa shape index (κ2) is 23.7. The summed E-state index contributed by atoms with van der Waals surface area (Å²) in [6.07, 6.45) is 0. The standard InChI is InChI=1S/Al.Ga.Li.O.5H. The minimum atomic E-state index is 0. The van der Waals surface area contributed by atoms with Gasteiger partial charge in [0.05, 0.1) is 0 Å². The first kappa shape index (κ1) is 17.6. The van der Waals surface area contributed by atoms with Crippen LogP contribution in [0.2, 0.25) is 0 Å². The number of hydrogen-bond acceptors (Lipinski definition) is 1. The monoisotopic (exact) mass is 124 g/mol. The minimum absolute atomic E-state index is 0. The van der Waals surface area contributed by atoms with Crippen LogP contribution >= 0.6 is 0 Å². The molecule has 0 rings (SSSR count). The topological polar surface area (TPSA) is 17.1 Å². The van der Waals surface area contributed by atoms with Crippen LogP contribution in [0, 0.1) is 0 Å². The van der Waals surface area contributed by atoms with Crippen LogP contribution in [0.1, 0.15) is 0 Å². The quantitative estimate of drug-likeness (QED) is 0.324. The van der Waals surface area contributed by atoms with Gasteiger partial charge in [0, 0.05) is 0 Å². The van der Waals surface area contributed by atoms with Crippen molar-refractivity contribution in [3.8, 4) is 0 Å².